The molecule has 0 radical (unpaired) electrons. The fourth-order valence-corrected chi connectivity index (χ4v) is 7.44. The molecule has 2 aliphatic heterocycles. The summed E-state index contributed by atoms with van der Waals surface area (Å²) in [6.45, 7) is 7.61. The average Bonchev–Trinajstić information content (AvgIpc) is 4.07. The number of pyridine rings is 1. The van der Waals surface area contributed by atoms with Crippen LogP contribution in [0.4, 0.5) is 11.4 Å². The van der Waals surface area contributed by atoms with Crippen molar-refractivity contribution in [1.29, 1.82) is 0 Å². The van der Waals surface area contributed by atoms with E-state index in [1.165, 1.54) is 49.3 Å². The van der Waals surface area contributed by atoms with Crippen molar-refractivity contribution in [3.05, 3.63) is 93.3 Å². The zero-order chi connectivity index (χ0) is 37.8. The van der Waals surface area contributed by atoms with E-state index in [9.17, 15) is 9.59 Å². The van der Waals surface area contributed by atoms with Gasteiger partial charge < -0.3 is 13.8 Å². The van der Waals surface area contributed by atoms with Crippen molar-refractivity contribution in [2.24, 2.45) is 21.8 Å². The molecule has 0 atom stereocenters. The number of aromatic nitrogens is 3. The first-order chi connectivity index (χ1) is 26.0. The predicted molar refractivity (Wildman–Crippen MR) is 203 cm³/mol. The van der Waals surface area contributed by atoms with E-state index >= 15 is 0 Å². The Morgan fingerprint density at radius 3 is 1.69 bits per heavy atom. The minimum absolute atomic E-state index is 0.0918. The summed E-state index contributed by atoms with van der Waals surface area (Å²) >= 11 is 0. The Bertz CT molecular complexity index is 2340. The summed E-state index contributed by atoms with van der Waals surface area (Å²) in [4.78, 5) is 45.2. The van der Waals surface area contributed by atoms with Crippen LogP contribution in [0.15, 0.2) is 61.6 Å². The van der Waals surface area contributed by atoms with Gasteiger partial charge in [0.1, 0.15) is 11.5 Å². The number of ketones is 1. The Morgan fingerprint density at radius 2 is 1.26 bits per heavy atom. The van der Waals surface area contributed by atoms with Crippen LogP contribution in [0.2, 0.25) is 0 Å². The standard InChI is InChI=1S/C23H21N3O3.C19H21N3O3/c1-12-21(13(2)29-26-12)16-8-17-10-19(14-4-5-14)25-22(17)18(9-16)23(27)15-6-7-20(28-3)24-11-15;1-10-17(11(2)25-21-10)13-7-14-9-16(12-5-6-12)20-18(14)15(8-13)19(23)22(3)24-4/h6-9,11,14H,4-5,10H2,1-3H3;7-8,12H,5-6,9H2,1-4H3. The van der Waals surface area contributed by atoms with Crippen molar-refractivity contribution in [1.82, 2.24) is 20.4 Å². The maximum absolute atomic E-state index is 13.4. The second-order valence-electron chi connectivity index (χ2n) is 14.5. The summed E-state index contributed by atoms with van der Waals surface area (Å²) in [5.41, 5.74) is 13.2. The smallest absolute Gasteiger partial charge is 0.279 e. The molecule has 1 amide bonds. The second kappa shape index (κ2) is 13.9. The van der Waals surface area contributed by atoms with Gasteiger partial charge in [-0.25, -0.2) is 10.0 Å². The van der Waals surface area contributed by atoms with E-state index in [1.807, 2.05) is 39.8 Å². The highest BCUT2D eigenvalue weighted by Gasteiger charge is 2.35. The van der Waals surface area contributed by atoms with Gasteiger partial charge in [-0.1, -0.05) is 10.3 Å². The molecule has 2 aliphatic carbocycles. The largest absolute Gasteiger partial charge is 0.481 e. The topological polar surface area (TPSA) is 146 Å². The molecular formula is C42H42N6O6. The fraction of sp³-hybridized carbons (Fsp3) is 0.357. The number of carbonyl (C=O) groups excluding carboxylic acids is 2. The number of hydrogen-bond donors (Lipinski definition) is 0. The Hall–Kier alpha value is -5.75. The molecule has 12 heteroatoms. The molecule has 5 heterocycles. The normalized spacial score (nSPS) is 15.5. The Kier molecular flexibility index (Phi) is 9.09. The molecule has 0 N–H and O–H groups in total. The minimum Gasteiger partial charge on any atom is -0.481 e. The van der Waals surface area contributed by atoms with Gasteiger partial charge in [0.25, 0.3) is 5.91 Å². The molecule has 0 unspecified atom stereocenters. The molecule has 3 aromatic heterocycles. The molecule has 5 aromatic rings. The van der Waals surface area contributed by atoms with E-state index in [0.29, 0.717) is 34.4 Å². The summed E-state index contributed by atoms with van der Waals surface area (Å²) in [6, 6.07) is 11.5. The number of carbonyl (C=O) groups is 2. The molecule has 0 saturated heterocycles. The number of fused-ring (bicyclic) bond motifs is 2. The van der Waals surface area contributed by atoms with Crippen LogP contribution in [0.3, 0.4) is 0 Å². The van der Waals surface area contributed by atoms with E-state index < -0.39 is 0 Å². The molecule has 276 valence electrons. The highest BCUT2D eigenvalue weighted by molar-refractivity contribution is 6.15. The van der Waals surface area contributed by atoms with E-state index in [0.717, 1.165) is 80.5 Å². The highest BCUT2D eigenvalue weighted by atomic mass is 16.7. The third-order valence-electron chi connectivity index (χ3n) is 10.6. The molecule has 4 aliphatic rings. The summed E-state index contributed by atoms with van der Waals surface area (Å²) in [6.07, 6.45) is 7.95. The lowest BCUT2D eigenvalue weighted by atomic mass is 9.92. The van der Waals surface area contributed by atoms with Gasteiger partial charge >= 0.3 is 0 Å². The summed E-state index contributed by atoms with van der Waals surface area (Å²) in [5.74, 6) is 2.82. The first kappa shape index (κ1) is 35.3. The number of hydroxylamine groups is 2. The number of amides is 1. The molecule has 2 saturated carbocycles. The van der Waals surface area contributed by atoms with E-state index in [4.69, 9.17) is 28.6 Å². The minimum atomic E-state index is -0.201. The first-order valence-corrected chi connectivity index (χ1v) is 18.3. The predicted octanol–water partition coefficient (Wildman–Crippen LogP) is 8.26. The SMILES string of the molecule is CON(C)C(=O)c1cc(-c2c(C)noc2C)cc2c1N=C(C1CC1)C2.COc1ccc(C(=O)c2cc(-c3c(C)noc3C)cc3c2N=C(C2CC2)C3)cn1. The highest BCUT2D eigenvalue weighted by Crippen LogP contribution is 2.44. The van der Waals surface area contributed by atoms with Gasteiger partial charge in [-0.05, 0) is 118 Å². The number of methoxy groups -OCH3 is 1. The number of hydrogen-bond acceptors (Lipinski definition) is 11. The summed E-state index contributed by atoms with van der Waals surface area (Å²) in [7, 11) is 4.64. The number of benzene rings is 2. The number of ether oxygens (including phenoxy) is 1. The van der Waals surface area contributed by atoms with Crippen LogP contribution in [-0.4, -0.2) is 64.7 Å². The lowest BCUT2D eigenvalue weighted by molar-refractivity contribution is -0.0756. The number of nitrogens with zero attached hydrogens (tertiary/aromatic N) is 6. The van der Waals surface area contributed by atoms with E-state index in [2.05, 4.69) is 27.4 Å². The molecule has 2 aromatic carbocycles. The van der Waals surface area contributed by atoms with Gasteiger partial charge in [-0.3, -0.25) is 24.4 Å². The van der Waals surface area contributed by atoms with Gasteiger partial charge in [0.05, 0.1) is 42.5 Å². The maximum Gasteiger partial charge on any atom is 0.279 e. The van der Waals surface area contributed by atoms with Crippen molar-refractivity contribution >= 4 is 34.5 Å². The van der Waals surface area contributed by atoms with Crippen LogP contribution < -0.4 is 4.74 Å². The van der Waals surface area contributed by atoms with Gasteiger partial charge in [0.2, 0.25) is 5.88 Å². The summed E-state index contributed by atoms with van der Waals surface area (Å²) in [5, 5.41) is 9.35. The third kappa shape index (κ3) is 6.55. The van der Waals surface area contributed by atoms with Crippen molar-refractivity contribution < 1.29 is 28.2 Å². The molecule has 9 rings (SSSR count). The number of aliphatic imine (C=N–C) groups is 2. The zero-order valence-corrected chi connectivity index (χ0v) is 31.6. The lowest BCUT2D eigenvalue weighted by Gasteiger charge is -2.16. The van der Waals surface area contributed by atoms with Crippen LogP contribution >= 0.6 is 0 Å². The van der Waals surface area contributed by atoms with Gasteiger partial charge in [-0.2, -0.15) is 0 Å². The van der Waals surface area contributed by atoms with Crippen LogP contribution in [-0.2, 0) is 17.7 Å². The molecule has 12 nitrogen and oxygen atoms in total. The van der Waals surface area contributed by atoms with Crippen LogP contribution in [0.25, 0.3) is 22.3 Å². The van der Waals surface area contributed by atoms with Crippen molar-refractivity contribution in [2.75, 3.05) is 21.3 Å². The molecule has 0 bridgehead atoms. The third-order valence-corrected chi connectivity index (χ3v) is 10.6. The maximum atomic E-state index is 13.4. The lowest BCUT2D eigenvalue weighted by Crippen LogP contribution is -2.25. The van der Waals surface area contributed by atoms with E-state index in [1.54, 1.807) is 32.5 Å². The quantitative estimate of drug-likeness (QED) is 0.108. The Morgan fingerprint density at radius 1 is 0.741 bits per heavy atom. The van der Waals surface area contributed by atoms with Crippen molar-refractivity contribution in [2.45, 2.75) is 66.2 Å². The van der Waals surface area contributed by atoms with Gasteiger partial charge in [0, 0.05) is 65.8 Å². The second-order valence-corrected chi connectivity index (χ2v) is 14.5. The fourth-order valence-electron chi connectivity index (χ4n) is 7.44. The molecular weight excluding hydrogens is 684 g/mol. The average molecular weight is 727 g/mol. The Balaban J connectivity index is 0.000000155. The Labute approximate surface area is 313 Å². The zero-order valence-electron chi connectivity index (χ0n) is 31.6. The van der Waals surface area contributed by atoms with Crippen LogP contribution in [0.1, 0.15) is 86.0 Å². The molecule has 54 heavy (non-hydrogen) atoms. The molecule has 2 fully saturated rings. The van der Waals surface area contributed by atoms with Crippen LogP contribution in [0, 0.1) is 39.5 Å². The van der Waals surface area contributed by atoms with Crippen LogP contribution in [0.5, 0.6) is 5.88 Å². The number of aryl methyl sites for hydroxylation is 4. The van der Waals surface area contributed by atoms with Gasteiger partial charge in [-0.15, -0.1) is 0 Å². The number of rotatable bonds is 9. The van der Waals surface area contributed by atoms with Crippen molar-refractivity contribution in [3.63, 3.8) is 0 Å². The van der Waals surface area contributed by atoms with E-state index in [-0.39, 0.29) is 11.7 Å². The van der Waals surface area contributed by atoms with Crippen molar-refractivity contribution in [3.8, 4) is 28.1 Å². The molecule has 0 spiro atoms. The monoisotopic (exact) mass is 726 g/mol. The first-order valence-electron chi connectivity index (χ1n) is 18.3. The summed E-state index contributed by atoms with van der Waals surface area (Å²) < 4.78 is 15.8. The van der Waals surface area contributed by atoms with Gasteiger partial charge in [0.15, 0.2) is 5.78 Å².